The van der Waals surface area contributed by atoms with E-state index in [4.69, 9.17) is 9.63 Å². The number of nitrogens with one attached hydrogen (secondary N) is 1. The van der Waals surface area contributed by atoms with Crippen molar-refractivity contribution in [2.45, 2.75) is 52.7 Å². The lowest BCUT2D eigenvalue weighted by atomic mass is 10.1. The SMILES string of the molecule is CC(=O)NCc1c(CO)cnc(C)c1OP(=O)(O)CCCCCC(=O)O. The van der Waals surface area contributed by atoms with Crippen molar-refractivity contribution in [2.24, 2.45) is 0 Å². The van der Waals surface area contributed by atoms with Crippen LogP contribution >= 0.6 is 7.60 Å². The van der Waals surface area contributed by atoms with E-state index in [-0.39, 0.29) is 37.4 Å². The summed E-state index contributed by atoms with van der Waals surface area (Å²) in [6, 6.07) is 0. The zero-order valence-electron chi connectivity index (χ0n) is 14.9. The molecule has 26 heavy (non-hydrogen) atoms. The Morgan fingerprint density at radius 1 is 1.31 bits per heavy atom. The molecule has 1 aromatic rings. The van der Waals surface area contributed by atoms with Crippen LogP contribution in [0.3, 0.4) is 0 Å². The highest BCUT2D eigenvalue weighted by molar-refractivity contribution is 7.53. The van der Waals surface area contributed by atoms with Crippen LogP contribution in [0.15, 0.2) is 6.20 Å². The van der Waals surface area contributed by atoms with Crippen molar-refractivity contribution < 1.29 is 33.8 Å². The van der Waals surface area contributed by atoms with Crippen molar-refractivity contribution in [1.29, 1.82) is 0 Å². The minimum absolute atomic E-state index is 0.0129. The highest BCUT2D eigenvalue weighted by atomic mass is 31.2. The zero-order chi connectivity index (χ0) is 19.7. The molecular formula is C16H25N2O7P. The summed E-state index contributed by atoms with van der Waals surface area (Å²) in [6.45, 7) is 2.61. The predicted molar refractivity (Wildman–Crippen MR) is 93.8 cm³/mol. The molecule has 0 aliphatic rings. The van der Waals surface area contributed by atoms with Crippen LogP contribution in [0.5, 0.6) is 5.75 Å². The molecule has 0 aliphatic heterocycles. The fourth-order valence-electron chi connectivity index (χ4n) is 2.29. The molecule has 0 saturated heterocycles. The van der Waals surface area contributed by atoms with Gasteiger partial charge in [0.15, 0.2) is 5.75 Å². The number of aryl methyl sites for hydroxylation is 1. The van der Waals surface area contributed by atoms with E-state index in [0.29, 0.717) is 36.1 Å². The zero-order valence-corrected chi connectivity index (χ0v) is 15.8. The molecule has 146 valence electrons. The summed E-state index contributed by atoms with van der Waals surface area (Å²) in [5.41, 5.74) is 1.15. The van der Waals surface area contributed by atoms with Gasteiger partial charge in [0.1, 0.15) is 0 Å². The van der Waals surface area contributed by atoms with Crippen LogP contribution in [0.25, 0.3) is 0 Å². The largest absolute Gasteiger partial charge is 0.481 e. The van der Waals surface area contributed by atoms with E-state index in [1.165, 1.54) is 13.1 Å². The highest BCUT2D eigenvalue weighted by Crippen LogP contribution is 2.46. The minimum atomic E-state index is -3.99. The van der Waals surface area contributed by atoms with E-state index < -0.39 is 13.6 Å². The van der Waals surface area contributed by atoms with Gasteiger partial charge in [-0.2, -0.15) is 0 Å². The number of hydrogen-bond donors (Lipinski definition) is 4. The number of carbonyl (C=O) groups excluding carboxylic acids is 1. The third-order valence-electron chi connectivity index (χ3n) is 3.65. The van der Waals surface area contributed by atoms with E-state index in [2.05, 4.69) is 10.3 Å². The van der Waals surface area contributed by atoms with Gasteiger partial charge in [-0.3, -0.25) is 14.6 Å². The maximum atomic E-state index is 12.4. The fourth-order valence-corrected chi connectivity index (χ4v) is 3.53. The van der Waals surface area contributed by atoms with Crippen molar-refractivity contribution in [3.05, 3.63) is 23.0 Å². The Labute approximate surface area is 151 Å². The summed E-state index contributed by atoms with van der Waals surface area (Å²) in [4.78, 5) is 35.8. The molecule has 1 aromatic heterocycles. The van der Waals surface area contributed by atoms with E-state index in [9.17, 15) is 24.2 Å². The average Bonchev–Trinajstić information content (AvgIpc) is 2.54. The maximum Gasteiger partial charge on any atom is 0.376 e. The number of aliphatic hydroxyl groups excluding tert-OH is 1. The van der Waals surface area contributed by atoms with Gasteiger partial charge in [-0.15, -0.1) is 0 Å². The second kappa shape index (κ2) is 10.3. The number of rotatable bonds is 11. The molecule has 4 N–H and O–H groups in total. The third-order valence-corrected chi connectivity index (χ3v) is 5.00. The number of carboxylic acids is 1. The van der Waals surface area contributed by atoms with Crippen molar-refractivity contribution in [3.8, 4) is 5.75 Å². The molecule has 0 saturated carbocycles. The van der Waals surface area contributed by atoms with Crippen LogP contribution in [0.1, 0.15) is 49.4 Å². The lowest BCUT2D eigenvalue weighted by Crippen LogP contribution is -2.21. The average molecular weight is 388 g/mol. The summed E-state index contributed by atoms with van der Waals surface area (Å²) in [5.74, 6) is -1.12. The van der Waals surface area contributed by atoms with Crippen molar-refractivity contribution >= 4 is 19.5 Å². The van der Waals surface area contributed by atoms with Gasteiger partial charge in [0.2, 0.25) is 5.91 Å². The van der Waals surface area contributed by atoms with Gasteiger partial charge in [-0.1, -0.05) is 6.42 Å². The monoisotopic (exact) mass is 388 g/mol. The lowest BCUT2D eigenvalue weighted by molar-refractivity contribution is -0.137. The van der Waals surface area contributed by atoms with Crippen LogP contribution in [0.4, 0.5) is 0 Å². The number of nitrogens with zero attached hydrogens (tertiary/aromatic N) is 1. The van der Waals surface area contributed by atoms with Crippen LogP contribution < -0.4 is 9.84 Å². The van der Waals surface area contributed by atoms with Gasteiger partial charge in [-0.05, 0) is 19.8 Å². The first-order valence-electron chi connectivity index (χ1n) is 8.22. The lowest BCUT2D eigenvalue weighted by Gasteiger charge is -2.19. The van der Waals surface area contributed by atoms with E-state index in [1.807, 2.05) is 0 Å². The Morgan fingerprint density at radius 2 is 2.00 bits per heavy atom. The second-order valence-corrected chi connectivity index (χ2v) is 7.81. The standard InChI is InChI=1S/C16H25N2O7P/c1-11-16(14(9-18-12(2)20)13(10-19)8-17-11)25-26(23,24)7-5-3-4-6-15(21)22/h8,19H,3-7,9-10H2,1-2H3,(H,18,20)(H,21,22)(H,23,24). The molecular weight excluding hydrogens is 363 g/mol. The molecule has 0 spiro atoms. The van der Waals surface area contributed by atoms with Gasteiger partial charge in [0.05, 0.1) is 18.5 Å². The van der Waals surface area contributed by atoms with E-state index in [0.717, 1.165) is 0 Å². The molecule has 9 nitrogen and oxygen atoms in total. The predicted octanol–water partition coefficient (Wildman–Crippen LogP) is 1.73. The van der Waals surface area contributed by atoms with Crippen LogP contribution in [-0.2, 0) is 27.3 Å². The molecule has 10 heteroatoms. The van der Waals surface area contributed by atoms with E-state index >= 15 is 0 Å². The summed E-state index contributed by atoms with van der Waals surface area (Å²) in [6.07, 6.45) is 2.56. The van der Waals surface area contributed by atoms with Crippen molar-refractivity contribution in [2.75, 3.05) is 6.16 Å². The van der Waals surface area contributed by atoms with Gasteiger partial charge in [0, 0.05) is 37.2 Å². The Morgan fingerprint density at radius 3 is 2.58 bits per heavy atom. The number of amides is 1. The van der Waals surface area contributed by atoms with Gasteiger partial charge in [-0.25, -0.2) is 4.57 Å². The highest BCUT2D eigenvalue weighted by Gasteiger charge is 2.25. The molecule has 1 unspecified atom stereocenters. The number of aromatic nitrogens is 1. The summed E-state index contributed by atoms with van der Waals surface area (Å²) >= 11 is 0. The molecule has 1 rings (SSSR count). The minimum Gasteiger partial charge on any atom is -0.481 e. The maximum absolute atomic E-state index is 12.4. The number of hydrogen-bond acceptors (Lipinski definition) is 6. The number of aliphatic carboxylic acids is 1. The number of pyridine rings is 1. The Balaban J connectivity index is 2.86. The Bertz CT molecular complexity index is 693. The molecule has 1 amide bonds. The molecule has 0 bridgehead atoms. The number of carbonyl (C=O) groups is 2. The summed E-state index contributed by atoms with van der Waals surface area (Å²) in [5, 5.41) is 20.6. The number of carboxylic acid groups (broad SMARTS) is 1. The smallest absolute Gasteiger partial charge is 0.376 e. The quantitative estimate of drug-likeness (QED) is 0.331. The molecule has 0 radical (unpaired) electrons. The van der Waals surface area contributed by atoms with Crippen molar-refractivity contribution in [3.63, 3.8) is 0 Å². The summed E-state index contributed by atoms with van der Waals surface area (Å²) < 4.78 is 17.7. The Kier molecular flexibility index (Phi) is 8.71. The topological polar surface area (TPSA) is 146 Å². The number of aliphatic hydroxyl groups is 1. The van der Waals surface area contributed by atoms with Crippen LogP contribution in [-0.4, -0.2) is 38.1 Å². The molecule has 1 atom stereocenters. The van der Waals surface area contributed by atoms with Gasteiger partial charge in [0.25, 0.3) is 0 Å². The Hall–Kier alpha value is -1.96. The molecule has 0 aromatic carbocycles. The summed E-state index contributed by atoms with van der Waals surface area (Å²) in [7, 11) is -3.99. The van der Waals surface area contributed by atoms with Crippen LogP contribution in [0, 0.1) is 6.92 Å². The van der Waals surface area contributed by atoms with Crippen molar-refractivity contribution in [1.82, 2.24) is 10.3 Å². The first-order valence-corrected chi connectivity index (χ1v) is 9.98. The molecule has 1 heterocycles. The van der Waals surface area contributed by atoms with Gasteiger partial charge < -0.3 is 24.9 Å². The second-order valence-electron chi connectivity index (χ2n) is 5.90. The van der Waals surface area contributed by atoms with Crippen LogP contribution in [0.2, 0.25) is 0 Å². The van der Waals surface area contributed by atoms with Gasteiger partial charge >= 0.3 is 13.6 Å². The number of unbranched alkanes of at least 4 members (excludes halogenated alkanes) is 2. The first kappa shape index (κ1) is 22.1. The third kappa shape index (κ3) is 7.51. The van der Waals surface area contributed by atoms with E-state index in [1.54, 1.807) is 6.92 Å². The fraction of sp³-hybridized carbons (Fsp3) is 0.562. The normalized spacial score (nSPS) is 13.1. The molecule has 0 fully saturated rings. The first-order chi connectivity index (χ1) is 12.2. The molecule has 0 aliphatic carbocycles.